The van der Waals surface area contributed by atoms with Crippen LogP contribution in [0.2, 0.25) is 0 Å². The molecule has 2 unspecified atom stereocenters. The average molecular weight is 226 g/mol. The predicted molar refractivity (Wildman–Crippen MR) is 62.2 cm³/mol. The molecule has 92 valence electrons. The number of rotatable bonds is 2. The van der Waals surface area contributed by atoms with Gasteiger partial charge in [0.15, 0.2) is 0 Å². The summed E-state index contributed by atoms with van der Waals surface area (Å²) in [5.74, 6) is -0.841. The van der Waals surface area contributed by atoms with Crippen LogP contribution in [-0.4, -0.2) is 39.6 Å². The molecular weight excluding hydrogens is 204 g/mol. The summed E-state index contributed by atoms with van der Waals surface area (Å²) in [6.07, 6.45) is 4.56. The summed E-state index contributed by atoms with van der Waals surface area (Å²) < 4.78 is 0. The Kier molecular flexibility index (Phi) is 2.75. The quantitative estimate of drug-likeness (QED) is 0.742. The van der Waals surface area contributed by atoms with Crippen molar-refractivity contribution in [1.82, 2.24) is 4.90 Å². The van der Waals surface area contributed by atoms with E-state index >= 15 is 0 Å². The molecule has 0 radical (unpaired) electrons. The van der Waals surface area contributed by atoms with E-state index in [0.717, 1.165) is 13.0 Å². The lowest BCUT2D eigenvalue weighted by Crippen LogP contribution is -2.49. The zero-order valence-electron chi connectivity index (χ0n) is 10.2. The van der Waals surface area contributed by atoms with Gasteiger partial charge in [0.25, 0.3) is 0 Å². The number of hydrogen-bond acceptors (Lipinski definition) is 3. The van der Waals surface area contributed by atoms with Gasteiger partial charge < -0.3 is 10.8 Å². The molecule has 2 fully saturated rings. The van der Waals surface area contributed by atoms with Gasteiger partial charge in [-0.25, -0.2) is 0 Å². The molecule has 4 nitrogen and oxygen atoms in total. The first-order valence-electron chi connectivity index (χ1n) is 6.14. The van der Waals surface area contributed by atoms with Crippen molar-refractivity contribution in [3.8, 4) is 0 Å². The summed E-state index contributed by atoms with van der Waals surface area (Å²) in [6, 6.07) is 0.360. The Morgan fingerprint density at radius 2 is 2.12 bits per heavy atom. The molecule has 16 heavy (non-hydrogen) atoms. The number of nitrogens with two attached hydrogens (primary N) is 1. The Morgan fingerprint density at radius 1 is 1.44 bits per heavy atom. The van der Waals surface area contributed by atoms with Crippen molar-refractivity contribution in [3.05, 3.63) is 0 Å². The highest BCUT2D eigenvalue weighted by molar-refractivity contribution is 5.79. The van der Waals surface area contributed by atoms with Crippen molar-refractivity contribution in [3.63, 3.8) is 0 Å². The highest BCUT2D eigenvalue weighted by Gasteiger charge is 2.47. The molecule has 1 saturated carbocycles. The third kappa shape index (κ3) is 1.84. The summed E-state index contributed by atoms with van der Waals surface area (Å²) in [4.78, 5) is 13.6. The Morgan fingerprint density at radius 3 is 2.56 bits per heavy atom. The van der Waals surface area contributed by atoms with Gasteiger partial charge in [-0.1, -0.05) is 0 Å². The van der Waals surface area contributed by atoms with Gasteiger partial charge in [0, 0.05) is 11.6 Å². The lowest BCUT2D eigenvalue weighted by atomic mass is 9.97. The number of aliphatic carboxylic acids is 1. The predicted octanol–water partition coefficient (Wildman–Crippen LogP) is 1.20. The molecule has 0 bridgehead atoms. The van der Waals surface area contributed by atoms with Gasteiger partial charge in [0.1, 0.15) is 5.54 Å². The summed E-state index contributed by atoms with van der Waals surface area (Å²) in [6.45, 7) is 5.59. The Bertz CT molecular complexity index is 303. The van der Waals surface area contributed by atoms with Gasteiger partial charge >= 0.3 is 5.97 Å². The lowest BCUT2D eigenvalue weighted by Gasteiger charge is -2.37. The van der Waals surface area contributed by atoms with E-state index in [2.05, 4.69) is 18.7 Å². The second-order valence-corrected chi connectivity index (χ2v) is 5.97. The van der Waals surface area contributed by atoms with Gasteiger partial charge in [-0.3, -0.25) is 9.69 Å². The van der Waals surface area contributed by atoms with E-state index in [9.17, 15) is 4.79 Å². The van der Waals surface area contributed by atoms with Gasteiger partial charge in [-0.05, 0) is 52.5 Å². The van der Waals surface area contributed by atoms with E-state index < -0.39 is 11.5 Å². The van der Waals surface area contributed by atoms with Crippen molar-refractivity contribution < 1.29 is 9.90 Å². The van der Waals surface area contributed by atoms with Crippen LogP contribution in [0.25, 0.3) is 0 Å². The molecule has 2 rings (SSSR count). The number of hydrogen-bond donors (Lipinski definition) is 2. The first kappa shape index (κ1) is 11.9. The highest BCUT2D eigenvalue weighted by atomic mass is 16.4. The molecule has 4 heteroatoms. The molecule has 0 amide bonds. The van der Waals surface area contributed by atoms with Crippen LogP contribution in [0.3, 0.4) is 0 Å². The first-order chi connectivity index (χ1) is 7.35. The van der Waals surface area contributed by atoms with Gasteiger partial charge in [0.2, 0.25) is 0 Å². The fraction of sp³-hybridized carbons (Fsp3) is 0.917. The molecule has 0 aromatic rings. The third-order valence-electron chi connectivity index (χ3n) is 4.36. The van der Waals surface area contributed by atoms with Crippen molar-refractivity contribution in [2.24, 2.45) is 5.73 Å². The van der Waals surface area contributed by atoms with Crippen molar-refractivity contribution in [2.45, 2.75) is 63.1 Å². The molecule has 1 heterocycles. The van der Waals surface area contributed by atoms with E-state index in [4.69, 9.17) is 10.8 Å². The average Bonchev–Trinajstić information content (AvgIpc) is 2.70. The van der Waals surface area contributed by atoms with Crippen LogP contribution in [0.1, 0.15) is 46.0 Å². The fourth-order valence-corrected chi connectivity index (χ4v) is 3.31. The van der Waals surface area contributed by atoms with E-state index in [0.29, 0.717) is 18.9 Å². The van der Waals surface area contributed by atoms with Crippen LogP contribution in [-0.2, 0) is 4.79 Å². The van der Waals surface area contributed by atoms with Crippen molar-refractivity contribution >= 4 is 5.97 Å². The van der Waals surface area contributed by atoms with Crippen LogP contribution in [0.15, 0.2) is 0 Å². The van der Waals surface area contributed by atoms with Crippen LogP contribution in [0.4, 0.5) is 0 Å². The maximum atomic E-state index is 11.1. The van der Waals surface area contributed by atoms with E-state index in [1.807, 2.05) is 0 Å². The summed E-state index contributed by atoms with van der Waals surface area (Å²) in [7, 11) is 0. The number of nitrogens with zero attached hydrogens (tertiary/aromatic N) is 1. The molecule has 2 atom stereocenters. The molecule has 2 aliphatic rings. The SMILES string of the molecule is CC1(C)CCCN1C1CCC(N)(C(=O)O)C1. The maximum absolute atomic E-state index is 11.1. The summed E-state index contributed by atoms with van der Waals surface area (Å²) in [5, 5.41) is 9.12. The van der Waals surface area contributed by atoms with E-state index in [1.54, 1.807) is 0 Å². The zero-order chi connectivity index (χ0) is 12.0. The molecule has 1 aliphatic heterocycles. The minimum atomic E-state index is -0.983. The van der Waals surface area contributed by atoms with Crippen LogP contribution >= 0.6 is 0 Å². The number of carbonyl (C=O) groups is 1. The molecule has 0 aromatic heterocycles. The minimum Gasteiger partial charge on any atom is -0.480 e. The van der Waals surface area contributed by atoms with Gasteiger partial charge in [0.05, 0.1) is 0 Å². The van der Waals surface area contributed by atoms with Crippen molar-refractivity contribution in [1.29, 1.82) is 0 Å². The normalized spacial score (nSPS) is 39.1. The largest absolute Gasteiger partial charge is 0.480 e. The maximum Gasteiger partial charge on any atom is 0.323 e. The first-order valence-corrected chi connectivity index (χ1v) is 6.14. The molecule has 1 saturated heterocycles. The van der Waals surface area contributed by atoms with E-state index in [-0.39, 0.29) is 5.54 Å². The van der Waals surface area contributed by atoms with Gasteiger partial charge in [-0.15, -0.1) is 0 Å². The molecule has 3 N–H and O–H groups in total. The van der Waals surface area contributed by atoms with Crippen LogP contribution in [0.5, 0.6) is 0 Å². The summed E-state index contributed by atoms with van der Waals surface area (Å²) in [5.41, 5.74) is 5.16. The Hall–Kier alpha value is -0.610. The Labute approximate surface area is 96.8 Å². The second kappa shape index (κ2) is 3.70. The molecule has 0 spiro atoms. The standard InChI is InChI=1S/C12H22N2O2/c1-11(2)5-3-7-14(11)9-4-6-12(13,8-9)10(15)16/h9H,3-8,13H2,1-2H3,(H,15,16). The number of carboxylic acids is 1. The highest BCUT2D eigenvalue weighted by Crippen LogP contribution is 2.39. The monoisotopic (exact) mass is 226 g/mol. The fourth-order valence-electron chi connectivity index (χ4n) is 3.31. The molecule has 0 aromatic carbocycles. The number of likely N-dealkylation sites (tertiary alicyclic amines) is 1. The Balaban J connectivity index is 2.07. The number of carboxylic acid groups (broad SMARTS) is 1. The van der Waals surface area contributed by atoms with Gasteiger partial charge in [-0.2, -0.15) is 0 Å². The second-order valence-electron chi connectivity index (χ2n) is 5.97. The zero-order valence-corrected chi connectivity index (χ0v) is 10.2. The van der Waals surface area contributed by atoms with E-state index in [1.165, 1.54) is 12.8 Å². The lowest BCUT2D eigenvalue weighted by molar-refractivity contribution is -0.143. The minimum absolute atomic E-state index is 0.217. The molecule has 1 aliphatic carbocycles. The topological polar surface area (TPSA) is 66.6 Å². The van der Waals surface area contributed by atoms with Crippen LogP contribution in [0, 0.1) is 0 Å². The summed E-state index contributed by atoms with van der Waals surface area (Å²) >= 11 is 0. The third-order valence-corrected chi connectivity index (χ3v) is 4.36. The smallest absolute Gasteiger partial charge is 0.323 e. The van der Waals surface area contributed by atoms with Crippen LogP contribution < -0.4 is 5.73 Å². The van der Waals surface area contributed by atoms with Crippen molar-refractivity contribution in [2.75, 3.05) is 6.54 Å². The molecular formula is C12H22N2O2.